The van der Waals surface area contributed by atoms with Gasteiger partial charge < -0.3 is 15.2 Å². The largest absolute Gasteiger partial charge is 0.454 e. The summed E-state index contributed by atoms with van der Waals surface area (Å²) >= 11 is 0. The molecule has 1 aromatic carbocycles. The number of rotatable bonds is 1. The standard InChI is InChI=1S/C11H11N3O2/c1-6-2-9-10(16-5-15-9)3-7(6)8-4-13-14-11(8)12/h2-4H,5H2,1H3,(H3,12,13,14). The molecule has 0 radical (unpaired) electrons. The van der Waals surface area contributed by atoms with Crippen molar-refractivity contribution < 1.29 is 9.47 Å². The second-order valence-corrected chi connectivity index (χ2v) is 3.72. The number of aromatic nitrogens is 2. The average Bonchev–Trinajstić information content (AvgIpc) is 2.85. The number of ether oxygens (including phenoxy) is 2. The van der Waals surface area contributed by atoms with Gasteiger partial charge in [-0.3, -0.25) is 5.10 Å². The van der Waals surface area contributed by atoms with Gasteiger partial charge in [0.2, 0.25) is 6.79 Å². The summed E-state index contributed by atoms with van der Waals surface area (Å²) in [7, 11) is 0. The van der Waals surface area contributed by atoms with Gasteiger partial charge in [-0.25, -0.2) is 0 Å². The van der Waals surface area contributed by atoms with Crippen LogP contribution in [0.1, 0.15) is 5.56 Å². The number of nitrogen functional groups attached to an aromatic ring is 1. The Morgan fingerprint density at radius 1 is 1.25 bits per heavy atom. The molecule has 0 aliphatic carbocycles. The molecule has 0 saturated heterocycles. The van der Waals surface area contributed by atoms with Crippen LogP contribution in [0.15, 0.2) is 18.3 Å². The van der Waals surface area contributed by atoms with Crippen molar-refractivity contribution in [1.82, 2.24) is 10.2 Å². The summed E-state index contributed by atoms with van der Waals surface area (Å²) < 4.78 is 10.6. The minimum Gasteiger partial charge on any atom is -0.454 e. The molecule has 0 atom stereocenters. The molecule has 3 rings (SSSR count). The van der Waals surface area contributed by atoms with Crippen molar-refractivity contribution in [3.8, 4) is 22.6 Å². The lowest BCUT2D eigenvalue weighted by Crippen LogP contribution is -1.92. The molecule has 3 N–H and O–H groups in total. The van der Waals surface area contributed by atoms with E-state index in [9.17, 15) is 0 Å². The number of nitrogens with zero attached hydrogens (tertiary/aromatic N) is 1. The number of benzene rings is 1. The van der Waals surface area contributed by atoms with Crippen molar-refractivity contribution >= 4 is 5.82 Å². The molecular formula is C11H11N3O2. The summed E-state index contributed by atoms with van der Waals surface area (Å²) in [6, 6.07) is 3.88. The molecule has 5 nitrogen and oxygen atoms in total. The van der Waals surface area contributed by atoms with E-state index >= 15 is 0 Å². The maximum atomic E-state index is 5.80. The molecule has 82 valence electrons. The maximum Gasteiger partial charge on any atom is 0.231 e. The van der Waals surface area contributed by atoms with Gasteiger partial charge >= 0.3 is 0 Å². The predicted molar refractivity (Wildman–Crippen MR) is 59.3 cm³/mol. The van der Waals surface area contributed by atoms with Crippen LogP contribution in [0.4, 0.5) is 5.82 Å². The second kappa shape index (κ2) is 3.16. The van der Waals surface area contributed by atoms with Crippen LogP contribution in [0.3, 0.4) is 0 Å². The van der Waals surface area contributed by atoms with Gasteiger partial charge in [-0.2, -0.15) is 5.10 Å². The molecule has 16 heavy (non-hydrogen) atoms. The summed E-state index contributed by atoms with van der Waals surface area (Å²) in [5.74, 6) is 2.09. The van der Waals surface area contributed by atoms with Crippen LogP contribution >= 0.6 is 0 Å². The SMILES string of the molecule is Cc1cc2c(cc1-c1cn[nH]c1N)OCO2. The molecule has 1 aliphatic rings. The van der Waals surface area contributed by atoms with Gasteiger partial charge in [0.1, 0.15) is 5.82 Å². The topological polar surface area (TPSA) is 73.2 Å². The molecule has 5 heteroatoms. The Hall–Kier alpha value is -2.17. The van der Waals surface area contributed by atoms with Gasteiger partial charge in [0.25, 0.3) is 0 Å². The van der Waals surface area contributed by atoms with Crippen LogP contribution in [0.25, 0.3) is 11.1 Å². The molecule has 2 heterocycles. The highest BCUT2D eigenvalue weighted by molar-refractivity contribution is 5.77. The van der Waals surface area contributed by atoms with Crippen LogP contribution in [-0.4, -0.2) is 17.0 Å². The Morgan fingerprint density at radius 3 is 2.69 bits per heavy atom. The summed E-state index contributed by atoms with van der Waals surface area (Å²) in [4.78, 5) is 0. The minimum atomic E-state index is 0.277. The summed E-state index contributed by atoms with van der Waals surface area (Å²) in [5.41, 5.74) is 8.77. The molecule has 0 saturated carbocycles. The number of aromatic amines is 1. The third kappa shape index (κ3) is 1.21. The maximum absolute atomic E-state index is 5.80. The molecule has 1 aliphatic heterocycles. The summed E-state index contributed by atoms with van der Waals surface area (Å²) in [5, 5.41) is 6.63. The number of hydrogen-bond donors (Lipinski definition) is 2. The first-order valence-corrected chi connectivity index (χ1v) is 4.95. The predicted octanol–water partition coefficient (Wildman–Crippen LogP) is 1.70. The number of H-pyrrole nitrogens is 1. The normalized spacial score (nSPS) is 13.1. The monoisotopic (exact) mass is 217 g/mol. The fourth-order valence-corrected chi connectivity index (χ4v) is 1.84. The summed E-state index contributed by atoms with van der Waals surface area (Å²) in [6.07, 6.45) is 1.71. The van der Waals surface area contributed by atoms with Crippen molar-refractivity contribution in [3.63, 3.8) is 0 Å². The number of fused-ring (bicyclic) bond motifs is 1. The first kappa shape index (κ1) is 9.08. The molecular weight excluding hydrogens is 206 g/mol. The van der Waals surface area contributed by atoms with Crippen molar-refractivity contribution in [2.24, 2.45) is 0 Å². The lowest BCUT2D eigenvalue weighted by molar-refractivity contribution is 0.174. The van der Waals surface area contributed by atoms with E-state index < -0.39 is 0 Å². The number of hydrogen-bond acceptors (Lipinski definition) is 4. The fraction of sp³-hybridized carbons (Fsp3) is 0.182. The molecule has 1 aromatic heterocycles. The average molecular weight is 217 g/mol. The third-order valence-electron chi connectivity index (χ3n) is 2.68. The number of nitrogens with one attached hydrogen (secondary N) is 1. The first-order chi connectivity index (χ1) is 7.75. The Kier molecular flexibility index (Phi) is 1.80. The van der Waals surface area contributed by atoms with Crippen molar-refractivity contribution in [1.29, 1.82) is 0 Å². The molecule has 0 amide bonds. The van der Waals surface area contributed by atoms with E-state index in [0.29, 0.717) is 5.82 Å². The lowest BCUT2D eigenvalue weighted by atomic mass is 10.0. The Balaban J connectivity index is 2.18. The molecule has 2 aromatic rings. The van der Waals surface area contributed by atoms with Crippen LogP contribution < -0.4 is 15.2 Å². The zero-order valence-corrected chi connectivity index (χ0v) is 8.78. The highest BCUT2D eigenvalue weighted by Gasteiger charge is 2.17. The van der Waals surface area contributed by atoms with Crippen LogP contribution in [0, 0.1) is 6.92 Å². The number of nitrogens with two attached hydrogens (primary N) is 1. The Bertz CT molecular complexity index is 548. The number of aryl methyl sites for hydroxylation is 1. The first-order valence-electron chi connectivity index (χ1n) is 4.95. The lowest BCUT2D eigenvalue weighted by Gasteiger charge is -2.06. The smallest absolute Gasteiger partial charge is 0.231 e. The highest BCUT2D eigenvalue weighted by Crippen LogP contribution is 2.39. The van der Waals surface area contributed by atoms with Gasteiger partial charge in [-0.05, 0) is 30.2 Å². The van der Waals surface area contributed by atoms with Crippen molar-refractivity contribution in [2.75, 3.05) is 12.5 Å². The number of anilines is 1. The Morgan fingerprint density at radius 2 is 2.00 bits per heavy atom. The highest BCUT2D eigenvalue weighted by atomic mass is 16.7. The van der Waals surface area contributed by atoms with E-state index in [0.717, 1.165) is 28.2 Å². The quantitative estimate of drug-likeness (QED) is 0.762. The molecule has 0 spiro atoms. The zero-order valence-electron chi connectivity index (χ0n) is 8.78. The van der Waals surface area contributed by atoms with E-state index in [1.807, 2.05) is 19.1 Å². The second-order valence-electron chi connectivity index (χ2n) is 3.72. The zero-order chi connectivity index (χ0) is 11.1. The van der Waals surface area contributed by atoms with E-state index in [4.69, 9.17) is 15.2 Å². The summed E-state index contributed by atoms with van der Waals surface area (Å²) in [6.45, 7) is 2.28. The van der Waals surface area contributed by atoms with Gasteiger partial charge in [-0.15, -0.1) is 0 Å². The van der Waals surface area contributed by atoms with Crippen LogP contribution in [0.2, 0.25) is 0 Å². The van der Waals surface area contributed by atoms with Gasteiger partial charge in [-0.1, -0.05) is 0 Å². The Labute approximate surface area is 92.2 Å². The van der Waals surface area contributed by atoms with E-state index in [1.54, 1.807) is 6.20 Å². The fourth-order valence-electron chi connectivity index (χ4n) is 1.84. The van der Waals surface area contributed by atoms with E-state index in [1.165, 1.54) is 0 Å². The van der Waals surface area contributed by atoms with Gasteiger partial charge in [0.15, 0.2) is 11.5 Å². The third-order valence-corrected chi connectivity index (χ3v) is 2.68. The minimum absolute atomic E-state index is 0.277. The van der Waals surface area contributed by atoms with E-state index in [2.05, 4.69) is 10.2 Å². The van der Waals surface area contributed by atoms with Gasteiger partial charge in [0, 0.05) is 5.56 Å². The van der Waals surface area contributed by atoms with Crippen LogP contribution in [-0.2, 0) is 0 Å². The van der Waals surface area contributed by atoms with E-state index in [-0.39, 0.29) is 6.79 Å². The van der Waals surface area contributed by atoms with Crippen molar-refractivity contribution in [3.05, 3.63) is 23.9 Å². The molecule has 0 fully saturated rings. The van der Waals surface area contributed by atoms with Crippen LogP contribution in [0.5, 0.6) is 11.5 Å². The van der Waals surface area contributed by atoms with Gasteiger partial charge in [0.05, 0.1) is 6.20 Å². The van der Waals surface area contributed by atoms with Crippen molar-refractivity contribution in [2.45, 2.75) is 6.92 Å². The molecule has 0 unspecified atom stereocenters. The molecule has 0 bridgehead atoms.